The minimum absolute atomic E-state index is 0.0741. The molecule has 4 nitrogen and oxygen atoms in total. The largest absolute Gasteiger partial charge is 0.444 e. The van der Waals surface area contributed by atoms with Gasteiger partial charge in [-0.1, -0.05) is 6.08 Å². The standard InChI is InChI=1S/C13H23NO3/c1-8-10-9(2)16-13(6,7)14(10)11(15)17-12(3,4)5/h8-10H,1H2,2-7H3. The highest BCUT2D eigenvalue weighted by Crippen LogP contribution is 2.33. The number of carbonyl (C=O) groups excluding carboxylic acids is 1. The van der Waals surface area contributed by atoms with E-state index < -0.39 is 11.3 Å². The van der Waals surface area contributed by atoms with Crippen LogP contribution in [0.4, 0.5) is 4.79 Å². The number of hydrogen-bond donors (Lipinski definition) is 0. The Balaban J connectivity index is 2.93. The molecule has 2 unspecified atom stereocenters. The van der Waals surface area contributed by atoms with E-state index in [0.717, 1.165) is 0 Å². The minimum Gasteiger partial charge on any atom is -0.444 e. The Morgan fingerprint density at radius 1 is 1.47 bits per heavy atom. The van der Waals surface area contributed by atoms with E-state index in [0.29, 0.717) is 0 Å². The molecule has 1 aliphatic heterocycles. The average Bonchev–Trinajstić information content (AvgIpc) is 2.31. The molecule has 0 spiro atoms. The zero-order valence-electron chi connectivity index (χ0n) is 11.6. The van der Waals surface area contributed by atoms with Crippen molar-refractivity contribution in [2.24, 2.45) is 0 Å². The summed E-state index contributed by atoms with van der Waals surface area (Å²) >= 11 is 0. The van der Waals surface area contributed by atoms with Crippen LogP contribution in [0.25, 0.3) is 0 Å². The van der Waals surface area contributed by atoms with E-state index >= 15 is 0 Å². The van der Waals surface area contributed by atoms with Crippen LogP contribution in [0, 0.1) is 0 Å². The molecule has 0 aromatic rings. The second-order valence-electron chi connectivity index (χ2n) is 5.85. The summed E-state index contributed by atoms with van der Waals surface area (Å²) in [6.45, 7) is 14.9. The van der Waals surface area contributed by atoms with E-state index in [1.165, 1.54) is 0 Å². The number of carbonyl (C=O) groups is 1. The Bertz CT molecular complexity index is 317. The van der Waals surface area contributed by atoms with Crippen LogP contribution < -0.4 is 0 Å². The molecule has 0 bridgehead atoms. The van der Waals surface area contributed by atoms with E-state index in [2.05, 4.69) is 6.58 Å². The summed E-state index contributed by atoms with van der Waals surface area (Å²) in [7, 11) is 0. The third kappa shape index (κ3) is 3.00. The zero-order chi connectivity index (χ0) is 13.4. The van der Waals surface area contributed by atoms with Gasteiger partial charge in [-0.25, -0.2) is 4.79 Å². The van der Waals surface area contributed by atoms with Crippen LogP contribution in [0.15, 0.2) is 12.7 Å². The SMILES string of the molecule is C=CC1C(C)OC(C)(C)N1C(=O)OC(C)(C)C. The molecule has 0 saturated carbocycles. The van der Waals surface area contributed by atoms with Crippen molar-refractivity contribution >= 4 is 6.09 Å². The Hall–Kier alpha value is -1.03. The minimum atomic E-state index is -0.666. The van der Waals surface area contributed by atoms with Crippen LogP contribution in [0.2, 0.25) is 0 Å². The lowest BCUT2D eigenvalue weighted by Gasteiger charge is -2.34. The van der Waals surface area contributed by atoms with Crippen LogP contribution in [0.1, 0.15) is 41.5 Å². The number of amides is 1. The summed E-state index contributed by atoms with van der Waals surface area (Å²) in [6.07, 6.45) is 1.29. The molecule has 17 heavy (non-hydrogen) atoms. The molecule has 2 atom stereocenters. The Labute approximate surface area is 104 Å². The van der Waals surface area contributed by atoms with Gasteiger partial charge in [0.05, 0.1) is 12.1 Å². The van der Waals surface area contributed by atoms with Crippen LogP contribution >= 0.6 is 0 Å². The second kappa shape index (κ2) is 4.33. The van der Waals surface area contributed by atoms with E-state index in [9.17, 15) is 4.79 Å². The van der Waals surface area contributed by atoms with E-state index in [1.54, 1.807) is 11.0 Å². The highest BCUT2D eigenvalue weighted by molar-refractivity contribution is 5.70. The van der Waals surface area contributed by atoms with Crippen LogP contribution in [0.3, 0.4) is 0 Å². The first kappa shape index (κ1) is 14.0. The zero-order valence-corrected chi connectivity index (χ0v) is 11.6. The van der Waals surface area contributed by atoms with Crippen molar-refractivity contribution < 1.29 is 14.3 Å². The van der Waals surface area contributed by atoms with Gasteiger partial charge in [0.15, 0.2) is 0 Å². The van der Waals surface area contributed by atoms with Gasteiger partial charge in [-0.15, -0.1) is 6.58 Å². The average molecular weight is 241 g/mol. The van der Waals surface area contributed by atoms with Gasteiger partial charge in [-0.3, -0.25) is 4.90 Å². The number of nitrogens with zero attached hydrogens (tertiary/aromatic N) is 1. The maximum Gasteiger partial charge on any atom is 0.413 e. The molecule has 4 heteroatoms. The molecule has 98 valence electrons. The molecule has 0 aliphatic carbocycles. The summed E-state index contributed by atoms with van der Waals surface area (Å²) in [5.41, 5.74) is -1.18. The molecule has 0 aromatic carbocycles. The smallest absolute Gasteiger partial charge is 0.413 e. The van der Waals surface area contributed by atoms with Gasteiger partial charge >= 0.3 is 6.09 Å². The summed E-state index contributed by atoms with van der Waals surface area (Å²) in [6, 6.07) is -0.153. The highest BCUT2D eigenvalue weighted by Gasteiger charge is 2.48. The lowest BCUT2D eigenvalue weighted by atomic mass is 10.1. The first-order chi connectivity index (χ1) is 7.58. The molecule has 1 rings (SSSR count). The molecule has 1 fully saturated rings. The molecule has 1 aliphatic rings. The van der Waals surface area contributed by atoms with Crippen LogP contribution in [-0.2, 0) is 9.47 Å². The lowest BCUT2D eigenvalue weighted by molar-refractivity contribution is -0.0751. The molecule has 1 amide bonds. The maximum atomic E-state index is 12.2. The lowest BCUT2D eigenvalue weighted by Crippen LogP contribution is -2.49. The van der Waals surface area contributed by atoms with E-state index in [1.807, 2.05) is 41.5 Å². The van der Waals surface area contributed by atoms with Gasteiger partial charge < -0.3 is 9.47 Å². The third-order valence-electron chi connectivity index (χ3n) is 2.67. The van der Waals surface area contributed by atoms with E-state index in [4.69, 9.17) is 9.47 Å². The Morgan fingerprint density at radius 3 is 2.41 bits per heavy atom. The fourth-order valence-corrected chi connectivity index (χ4v) is 2.10. The Kier molecular flexibility index (Phi) is 3.58. The summed E-state index contributed by atoms with van der Waals surface area (Å²) in [5.74, 6) is 0. The quantitative estimate of drug-likeness (QED) is 0.662. The summed E-state index contributed by atoms with van der Waals surface area (Å²) in [5, 5.41) is 0. The van der Waals surface area contributed by atoms with Crippen molar-refractivity contribution in [3.8, 4) is 0 Å². The predicted octanol–water partition coefficient (Wildman–Crippen LogP) is 2.93. The third-order valence-corrected chi connectivity index (χ3v) is 2.67. The van der Waals surface area contributed by atoms with Gasteiger partial charge in [0.1, 0.15) is 11.3 Å². The van der Waals surface area contributed by atoms with Crippen molar-refractivity contribution in [1.29, 1.82) is 0 Å². The first-order valence-electron chi connectivity index (χ1n) is 5.91. The molecule has 1 saturated heterocycles. The second-order valence-corrected chi connectivity index (χ2v) is 5.85. The van der Waals surface area contributed by atoms with Gasteiger partial charge in [0.2, 0.25) is 0 Å². The number of ether oxygens (including phenoxy) is 2. The van der Waals surface area contributed by atoms with Crippen molar-refractivity contribution in [3.63, 3.8) is 0 Å². The fraction of sp³-hybridized carbons (Fsp3) is 0.769. The molecule has 0 radical (unpaired) electrons. The molecule has 1 heterocycles. The highest BCUT2D eigenvalue weighted by atomic mass is 16.6. The van der Waals surface area contributed by atoms with Gasteiger partial charge in [-0.2, -0.15) is 0 Å². The van der Waals surface area contributed by atoms with Gasteiger partial charge in [0, 0.05) is 0 Å². The van der Waals surface area contributed by atoms with Crippen LogP contribution in [0.5, 0.6) is 0 Å². The predicted molar refractivity (Wildman–Crippen MR) is 66.7 cm³/mol. The van der Waals surface area contributed by atoms with Gasteiger partial charge in [0.25, 0.3) is 0 Å². The molecule has 0 aromatic heterocycles. The van der Waals surface area contributed by atoms with Crippen molar-refractivity contribution in [2.75, 3.05) is 0 Å². The van der Waals surface area contributed by atoms with Crippen LogP contribution in [-0.4, -0.2) is 34.5 Å². The van der Waals surface area contributed by atoms with Gasteiger partial charge in [-0.05, 0) is 41.5 Å². The topological polar surface area (TPSA) is 38.8 Å². The van der Waals surface area contributed by atoms with Crippen molar-refractivity contribution in [3.05, 3.63) is 12.7 Å². The summed E-state index contributed by atoms with van der Waals surface area (Å²) < 4.78 is 11.2. The molecular formula is C13H23NO3. The van der Waals surface area contributed by atoms with Crippen molar-refractivity contribution in [2.45, 2.75) is 65.0 Å². The number of rotatable bonds is 1. The first-order valence-corrected chi connectivity index (χ1v) is 5.91. The molecule has 0 N–H and O–H groups in total. The normalized spacial score (nSPS) is 28.0. The van der Waals surface area contributed by atoms with E-state index in [-0.39, 0.29) is 18.2 Å². The molecular weight excluding hydrogens is 218 g/mol. The summed E-state index contributed by atoms with van der Waals surface area (Å²) in [4.78, 5) is 13.8. The fourth-order valence-electron chi connectivity index (χ4n) is 2.10. The number of hydrogen-bond acceptors (Lipinski definition) is 3. The Morgan fingerprint density at radius 2 is 2.00 bits per heavy atom. The monoisotopic (exact) mass is 241 g/mol. The van der Waals surface area contributed by atoms with Crippen molar-refractivity contribution in [1.82, 2.24) is 4.90 Å². The maximum absolute atomic E-state index is 12.2.